The van der Waals surface area contributed by atoms with Gasteiger partial charge in [0.25, 0.3) is 5.91 Å². The minimum absolute atomic E-state index is 0.00896. The fourth-order valence-electron chi connectivity index (χ4n) is 6.55. The molecular weight excluding hydrogens is 548 g/mol. The van der Waals surface area contributed by atoms with Crippen LogP contribution in [-0.4, -0.2) is 56.4 Å². The maximum Gasteiger partial charge on any atom is 0.389 e. The highest BCUT2D eigenvalue weighted by Crippen LogP contribution is 2.49. The van der Waals surface area contributed by atoms with Crippen molar-refractivity contribution in [3.8, 4) is 11.5 Å². The van der Waals surface area contributed by atoms with Crippen LogP contribution in [0.15, 0.2) is 12.1 Å². The van der Waals surface area contributed by atoms with Crippen molar-refractivity contribution in [2.45, 2.75) is 83.0 Å². The van der Waals surface area contributed by atoms with E-state index in [1.54, 1.807) is 6.92 Å². The summed E-state index contributed by atoms with van der Waals surface area (Å²) in [5.41, 5.74) is 0.0521. The van der Waals surface area contributed by atoms with E-state index in [4.69, 9.17) is 14.2 Å². The molecule has 0 saturated heterocycles. The SMILES string of the molecule is CCOC(=O)C1CCC(Oc2cc(C(=O)N[C@@H]3[C@H]4CC[C@H](C4)[C@@H]3C(=O)NCCCC(F)(F)F)c(OC)cc2F)CC1. The molecule has 2 bridgehead atoms. The average molecular weight is 587 g/mol. The first-order valence-corrected chi connectivity index (χ1v) is 14.4. The number of hydrogen-bond donors (Lipinski definition) is 2. The number of hydrogen-bond acceptors (Lipinski definition) is 6. The van der Waals surface area contributed by atoms with Gasteiger partial charge in [-0.3, -0.25) is 14.4 Å². The van der Waals surface area contributed by atoms with E-state index in [1.807, 2.05) is 0 Å². The molecule has 0 unspecified atom stereocenters. The number of alkyl halides is 3. The molecule has 3 aliphatic carbocycles. The summed E-state index contributed by atoms with van der Waals surface area (Å²) in [6.07, 6.45) is -1.26. The molecule has 0 spiro atoms. The summed E-state index contributed by atoms with van der Waals surface area (Å²) >= 11 is 0. The Morgan fingerprint density at radius 2 is 1.71 bits per heavy atom. The fourth-order valence-corrected chi connectivity index (χ4v) is 6.55. The van der Waals surface area contributed by atoms with Crippen LogP contribution in [0.1, 0.15) is 75.1 Å². The molecule has 41 heavy (non-hydrogen) atoms. The molecule has 228 valence electrons. The van der Waals surface area contributed by atoms with Gasteiger partial charge < -0.3 is 24.8 Å². The molecule has 0 aliphatic heterocycles. The third kappa shape index (κ3) is 7.62. The molecule has 3 fully saturated rings. The minimum atomic E-state index is -4.29. The summed E-state index contributed by atoms with van der Waals surface area (Å²) in [6.45, 7) is 1.97. The van der Waals surface area contributed by atoms with E-state index in [-0.39, 0.29) is 65.8 Å². The molecule has 1 aromatic carbocycles. The first kappa shape index (κ1) is 30.9. The van der Waals surface area contributed by atoms with Gasteiger partial charge in [-0.1, -0.05) is 0 Å². The van der Waals surface area contributed by atoms with E-state index < -0.39 is 36.3 Å². The Morgan fingerprint density at radius 3 is 2.37 bits per heavy atom. The third-order valence-corrected chi connectivity index (χ3v) is 8.54. The van der Waals surface area contributed by atoms with E-state index in [9.17, 15) is 31.9 Å². The highest BCUT2D eigenvalue weighted by molar-refractivity contribution is 5.98. The van der Waals surface area contributed by atoms with Crippen LogP contribution < -0.4 is 20.1 Å². The Labute approximate surface area is 236 Å². The smallest absolute Gasteiger partial charge is 0.389 e. The second kappa shape index (κ2) is 13.3. The van der Waals surface area contributed by atoms with Crippen LogP contribution in [-0.2, 0) is 14.3 Å². The summed E-state index contributed by atoms with van der Waals surface area (Å²) in [5, 5.41) is 5.55. The normalized spacial score (nSPS) is 27.3. The number of benzene rings is 1. The van der Waals surface area contributed by atoms with Crippen molar-refractivity contribution in [1.82, 2.24) is 10.6 Å². The summed E-state index contributed by atoms with van der Waals surface area (Å²) in [7, 11) is 1.32. The topological polar surface area (TPSA) is 103 Å². The molecule has 0 heterocycles. The Kier molecular flexibility index (Phi) is 10.0. The maximum absolute atomic E-state index is 14.9. The van der Waals surface area contributed by atoms with E-state index in [0.29, 0.717) is 32.3 Å². The maximum atomic E-state index is 14.9. The Morgan fingerprint density at radius 1 is 1.00 bits per heavy atom. The van der Waals surface area contributed by atoms with Gasteiger partial charge in [-0.2, -0.15) is 13.2 Å². The number of esters is 1. The lowest BCUT2D eigenvalue weighted by molar-refractivity contribution is -0.149. The van der Waals surface area contributed by atoms with E-state index >= 15 is 0 Å². The molecule has 2 N–H and O–H groups in total. The zero-order chi connectivity index (χ0) is 29.7. The fraction of sp³-hybridized carbons (Fsp3) is 0.690. The Balaban J connectivity index is 1.41. The number of nitrogens with one attached hydrogen (secondary N) is 2. The molecule has 0 aromatic heterocycles. The van der Waals surface area contributed by atoms with Gasteiger partial charge >= 0.3 is 12.1 Å². The molecule has 3 saturated carbocycles. The average Bonchev–Trinajstić information content (AvgIpc) is 3.54. The lowest BCUT2D eigenvalue weighted by Crippen LogP contribution is -2.50. The largest absolute Gasteiger partial charge is 0.496 e. The Hall–Kier alpha value is -3.05. The van der Waals surface area contributed by atoms with E-state index in [1.165, 1.54) is 13.2 Å². The van der Waals surface area contributed by atoms with Gasteiger partial charge in [0, 0.05) is 25.1 Å². The van der Waals surface area contributed by atoms with Crippen molar-refractivity contribution in [2.75, 3.05) is 20.3 Å². The lowest BCUT2D eigenvalue weighted by atomic mass is 9.83. The number of amides is 2. The van der Waals surface area contributed by atoms with Crippen LogP contribution in [0.2, 0.25) is 0 Å². The number of ether oxygens (including phenoxy) is 3. The van der Waals surface area contributed by atoms with Gasteiger partial charge in [-0.25, -0.2) is 4.39 Å². The second-order valence-electron chi connectivity index (χ2n) is 11.2. The summed E-state index contributed by atoms with van der Waals surface area (Å²) in [5.74, 6) is -2.62. The summed E-state index contributed by atoms with van der Waals surface area (Å²) in [6, 6.07) is 1.88. The van der Waals surface area contributed by atoms with Crippen LogP contribution in [0.3, 0.4) is 0 Å². The summed E-state index contributed by atoms with van der Waals surface area (Å²) in [4.78, 5) is 38.4. The highest BCUT2D eigenvalue weighted by Gasteiger charge is 2.51. The van der Waals surface area contributed by atoms with Crippen LogP contribution in [0.25, 0.3) is 0 Å². The van der Waals surface area contributed by atoms with Crippen LogP contribution >= 0.6 is 0 Å². The zero-order valence-electron chi connectivity index (χ0n) is 23.4. The van der Waals surface area contributed by atoms with Crippen molar-refractivity contribution in [1.29, 1.82) is 0 Å². The molecule has 0 radical (unpaired) electrons. The van der Waals surface area contributed by atoms with Crippen LogP contribution in [0, 0.1) is 29.5 Å². The molecule has 2 amide bonds. The van der Waals surface area contributed by atoms with Crippen molar-refractivity contribution in [2.24, 2.45) is 23.7 Å². The van der Waals surface area contributed by atoms with Crippen molar-refractivity contribution in [3.05, 3.63) is 23.5 Å². The standard InChI is InChI=1S/C29H38F4N2O6/c1-3-40-28(38)16-7-9-19(10-8-16)41-23-14-20(22(39-2)15-21(23)30)26(36)35-25-18-6-5-17(13-18)24(25)27(37)34-12-4-11-29(31,32)33/h14-19,24-25H,3-13H2,1-2H3,(H,34,37)(H,35,36)/t16?,17-,18+,19?,24+,25-/m1/s1. The van der Waals surface area contributed by atoms with Crippen molar-refractivity contribution < 1.29 is 46.2 Å². The molecule has 1 aromatic rings. The summed E-state index contributed by atoms with van der Waals surface area (Å²) < 4.78 is 68.6. The number of carbonyl (C=O) groups excluding carboxylic acids is 3. The van der Waals surface area contributed by atoms with Crippen LogP contribution in [0.5, 0.6) is 11.5 Å². The molecule has 4 rings (SSSR count). The lowest BCUT2D eigenvalue weighted by Gasteiger charge is -2.31. The molecule has 12 heteroatoms. The first-order valence-electron chi connectivity index (χ1n) is 14.4. The number of halogens is 4. The van der Waals surface area contributed by atoms with Gasteiger partial charge in [-0.05, 0) is 76.2 Å². The van der Waals surface area contributed by atoms with Gasteiger partial charge in [0.05, 0.1) is 37.2 Å². The number of carbonyl (C=O) groups is 3. The van der Waals surface area contributed by atoms with E-state index in [2.05, 4.69) is 10.6 Å². The van der Waals surface area contributed by atoms with Gasteiger partial charge in [0.15, 0.2) is 11.6 Å². The zero-order valence-corrected chi connectivity index (χ0v) is 23.4. The van der Waals surface area contributed by atoms with Crippen molar-refractivity contribution >= 4 is 17.8 Å². The molecule has 3 aliphatic rings. The quantitative estimate of drug-likeness (QED) is 0.216. The monoisotopic (exact) mass is 586 g/mol. The Bertz CT molecular complexity index is 1110. The minimum Gasteiger partial charge on any atom is -0.496 e. The predicted molar refractivity (Wildman–Crippen MR) is 140 cm³/mol. The van der Waals surface area contributed by atoms with Crippen molar-refractivity contribution in [3.63, 3.8) is 0 Å². The van der Waals surface area contributed by atoms with Gasteiger partial charge in [0.1, 0.15) is 5.75 Å². The van der Waals surface area contributed by atoms with Crippen LogP contribution in [0.4, 0.5) is 17.6 Å². The molecule has 8 nitrogen and oxygen atoms in total. The van der Waals surface area contributed by atoms with Gasteiger partial charge in [-0.15, -0.1) is 0 Å². The number of fused-ring (bicyclic) bond motifs is 2. The highest BCUT2D eigenvalue weighted by atomic mass is 19.4. The molecule has 4 atom stereocenters. The molecular formula is C29H38F4N2O6. The first-order chi connectivity index (χ1) is 19.5. The third-order valence-electron chi connectivity index (χ3n) is 8.54. The second-order valence-corrected chi connectivity index (χ2v) is 11.2. The number of methoxy groups -OCH3 is 1. The van der Waals surface area contributed by atoms with E-state index in [0.717, 1.165) is 25.3 Å². The predicted octanol–water partition coefficient (Wildman–Crippen LogP) is 4.94. The number of rotatable bonds is 11. The van der Waals surface area contributed by atoms with Gasteiger partial charge in [0.2, 0.25) is 5.91 Å².